The molecule has 2 nitrogen and oxygen atoms in total. The molecule has 3 rings (SSSR count). The van der Waals surface area contributed by atoms with Crippen molar-refractivity contribution in [1.82, 2.24) is 4.98 Å². The zero-order valence-electron chi connectivity index (χ0n) is 9.97. The van der Waals surface area contributed by atoms with Crippen molar-refractivity contribution in [3.8, 4) is 17.2 Å². The molecule has 1 aromatic heterocycles. The zero-order chi connectivity index (χ0) is 13.2. The molecule has 90 valence electrons. The Labute approximate surface area is 109 Å². The van der Waals surface area contributed by atoms with E-state index in [2.05, 4.69) is 11.1 Å². The molecule has 3 aromatic rings. The first-order chi connectivity index (χ1) is 9.26. The number of halogens is 1. The van der Waals surface area contributed by atoms with Crippen molar-refractivity contribution in [3.05, 3.63) is 66.1 Å². The van der Waals surface area contributed by atoms with Crippen molar-refractivity contribution in [2.75, 3.05) is 0 Å². The predicted octanol–water partition coefficient (Wildman–Crippen LogP) is 3.91. The highest BCUT2D eigenvalue weighted by Crippen LogP contribution is 2.23. The van der Waals surface area contributed by atoms with Gasteiger partial charge in [-0.25, -0.2) is 4.39 Å². The maximum absolute atomic E-state index is 13.1. The Morgan fingerprint density at radius 1 is 1.00 bits per heavy atom. The lowest BCUT2D eigenvalue weighted by Crippen LogP contribution is -1.85. The van der Waals surface area contributed by atoms with E-state index < -0.39 is 0 Å². The van der Waals surface area contributed by atoms with E-state index in [0.717, 1.165) is 16.5 Å². The fraction of sp³-hybridized carbons (Fsp3) is 0. The monoisotopic (exact) mass is 248 g/mol. The molecule has 0 unspecified atom stereocenters. The lowest BCUT2D eigenvalue weighted by molar-refractivity contribution is 0.629. The fourth-order valence-electron chi connectivity index (χ4n) is 2.02. The first-order valence-electron chi connectivity index (χ1n) is 5.82. The standard InChI is InChI=1S/C16H9FN2/c17-15-5-4-13-7-14(10-19-16(13)8-15)12-3-1-2-11(6-12)9-18/h1-8,10H. The van der Waals surface area contributed by atoms with Gasteiger partial charge in [-0.2, -0.15) is 5.26 Å². The molecule has 0 aliphatic rings. The first-order valence-corrected chi connectivity index (χ1v) is 5.82. The molecule has 0 amide bonds. The normalized spacial score (nSPS) is 10.3. The van der Waals surface area contributed by atoms with Gasteiger partial charge in [-0.1, -0.05) is 12.1 Å². The molecule has 0 radical (unpaired) electrons. The molecule has 0 atom stereocenters. The Kier molecular flexibility index (Phi) is 2.70. The smallest absolute Gasteiger partial charge is 0.125 e. The third-order valence-electron chi connectivity index (χ3n) is 2.97. The molecule has 0 N–H and O–H groups in total. The van der Waals surface area contributed by atoms with Gasteiger partial charge in [0.15, 0.2) is 0 Å². The van der Waals surface area contributed by atoms with Gasteiger partial charge < -0.3 is 0 Å². The lowest BCUT2D eigenvalue weighted by atomic mass is 10.0. The summed E-state index contributed by atoms with van der Waals surface area (Å²) in [6, 6.07) is 15.9. The third-order valence-corrected chi connectivity index (χ3v) is 2.97. The maximum atomic E-state index is 13.1. The fourth-order valence-corrected chi connectivity index (χ4v) is 2.02. The van der Waals surface area contributed by atoms with Crippen LogP contribution in [-0.4, -0.2) is 4.98 Å². The molecule has 19 heavy (non-hydrogen) atoms. The molecule has 0 aliphatic heterocycles. The van der Waals surface area contributed by atoms with Crippen molar-refractivity contribution in [2.45, 2.75) is 0 Å². The number of nitriles is 1. The summed E-state index contributed by atoms with van der Waals surface area (Å²) in [5.41, 5.74) is 3.07. The molecule has 0 fully saturated rings. The number of fused-ring (bicyclic) bond motifs is 1. The number of hydrogen-bond donors (Lipinski definition) is 0. The summed E-state index contributed by atoms with van der Waals surface area (Å²) in [7, 11) is 0. The molecule has 0 spiro atoms. The van der Waals surface area contributed by atoms with Crippen molar-refractivity contribution < 1.29 is 4.39 Å². The van der Waals surface area contributed by atoms with Crippen LogP contribution in [0, 0.1) is 17.1 Å². The number of hydrogen-bond acceptors (Lipinski definition) is 2. The van der Waals surface area contributed by atoms with Gasteiger partial charge in [0.05, 0.1) is 17.1 Å². The second-order valence-electron chi connectivity index (χ2n) is 4.25. The number of aromatic nitrogens is 1. The van der Waals surface area contributed by atoms with E-state index in [1.807, 2.05) is 24.3 Å². The minimum atomic E-state index is -0.292. The third kappa shape index (κ3) is 2.16. The Bertz CT molecular complexity index is 803. The van der Waals surface area contributed by atoms with E-state index in [1.54, 1.807) is 18.3 Å². The Morgan fingerprint density at radius 3 is 2.74 bits per heavy atom. The van der Waals surface area contributed by atoms with Crippen LogP contribution in [0.5, 0.6) is 0 Å². The van der Waals surface area contributed by atoms with Gasteiger partial charge in [-0.05, 0) is 35.9 Å². The van der Waals surface area contributed by atoms with Crippen LogP contribution in [0.1, 0.15) is 5.56 Å². The van der Waals surface area contributed by atoms with Gasteiger partial charge in [0.25, 0.3) is 0 Å². The van der Waals surface area contributed by atoms with Crippen LogP contribution in [0.25, 0.3) is 22.0 Å². The van der Waals surface area contributed by atoms with E-state index in [9.17, 15) is 4.39 Å². The maximum Gasteiger partial charge on any atom is 0.125 e. The summed E-state index contributed by atoms with van der Waals surface area (Å²) in [6.45, 7) is 0. The van der Waals surface area contributed by atoms with Crippen LogP contribution >= 0.6 is 0 Å². The van der Waals surface area contributed by atoms with Crippen LogP contribution < -0.4 is 0 Å². The van der Waals surface area contributed by atoms with Crippen molar-refractivity contribution >= 4 is 10.9 Å². The van der Waals surface area contributed by atoms with E-state index >= 15 is 0 Å². The predicted molar refractivity (Wildman–Crippen MR) is 71.9 cm³/mol. The van der Waals surface area contributed by atoms with Crippen LogP contribution in [0.3, 0.4) is 0 Å². The zero-order valence-corrected chi connectivity index (χ0v) is 9.97. The SMILES string of the molecule is N#Cc1cccc(-c2cnc3cc(F)ccc3c2)c1. The van der Waals surface area contributed by atoms with E-state index in [4.69, 9.17) is 5.26 Å². The summed E-state index contributed by atoms with van der Waals surface area (Å²) >= 11 is 0. The van der Waals surface area contributed by atoms with Crippen LogP contribution in [0.2, 0.25) is 0 Å². The lowest BCUT2D eigenvalue weighted by Gasteiger charge is -2.04. The van der Waals surface area contributed by atoms with Crippen LogP contribution in [-0.2, 0) is 0 Å². The Balaban J connectivity index is 2.15. The van der Waals surface area contributed by atoms with Crippen molar-refractivity contribution in [2.24, 2.45) is 0 Å². The van der Waals surface area contributed by atoms with Crippen molar-refractivity contribution in [1.29, 1.82) is 5.26 Å². The van der Waals surface area contributed by atoms with Crippen LogP contribution in [0.4, 0.5) is 4.39 Å². The summed E-state index contributed by atoms with van der Waals surface area (Å²) in [4.78, 5) is 4.25. The van der Waals surface area contributed by atoms with Crippen LogP contribution in [0.15, 0.2) is 54.7 Å². The van der Waals surface area contributed by atoms with Gasteiger partial charge in [0.1, 0.15) is 5.82 Å². The summed E-state index contributed by atoms with van der Waals surface area (Å²) in [5, 5.41) is 9.78. The number of benzene rings is 2. The topological polar surface area (TPSA) is 36.7 Å². The quantitative estimate of drug-likeness (QED) is 0.654. The van der Waals surface area contributed by atoms with Gasteiger partial charge in [-0.3, -0.25) is 4.98 Å². The molecule has 3 heteroatoms. The highest BCUT2D eigenvalue weighted by Gasteiger charge is 2.03. The minimum Gasteiger partial charge on any atom is -0.256 e. The first kappa shape index (κ1) is 11.4. The second kappa shape index (κ2) is 4.51. The van der Waals surface area contributed by atoms with Crippen molar-refractivity contribution in [3.63, 3.8) is 0 Å². The van der Waals surface area contributed by atoms with Gasteiger partial charge in [-0.15, -0.1) is 0 Å². The molecule has 0 aliphatic carbocycles. The Hall–Kier alpha value is -2.73. The van der Waals surface area contributed by atoms with Gasteiger partial charge in [0.2, 0.25) is 0 Å². The second-order valence-corrected chi connectivity index (χ2v) is 4.25. The highest BCUT2D eigenvalue weighted by molar-refractivity contribution is 5.83. The number of rotatable bonds is 1. The summed E-state index contributed by atoms with van der Waals surface area (Å²) in [5.74, 6) is -0.292. The summed E-state index contributed by atoms with van der Waals surface area (Å²) < 4.78 is 13.1. The van der Waals surface area contributed by atoms with Gasteiger partial charge >= 0.3 is 0 Å². The highest BCUT2D eigenvalue weighted by atomic mass is 19.1. The van der Waals surface area contributed by atoms with E-state index in [-0.39, 0.29) is 5.82 Å². The molecule has 0 saturated carbocycles. The number of pyridine rings is 1. The molecule has 0 saturated heterocycles. The minimum absolute atomic E-state index is 0.292. The summed E-state index contributed by atoms with van der Waals surface area (Å²) in [6.07, 6.45) is 1.69. The average molecular weight is 248 g/mol. The average Bonchev–Trinajstić information content (AvgIpc) is 2.46. The molecule has 1 heterocycles. The molecular weight excluding hydrogens is 239 g/mol. The largest absolute Gasteiger partial charge is 0.256 e. The van der Waals surface area contributed by atoms with E-state index in [1.165, 1.54) is 12.1 Å². The Morgan fingerprint density at radius 2 is 1.89 bits per heavy atom. The molecular formula is C16H9FN2. The number of nitrogens with zero attached hydrogens (tertiary/aromatic N) is 2. The molecule has 0 bridgehead atoms. The van der Waals surface area contributed by atoms with E-state index in [0.29, 0.717) is 11.1 Å². The van der Waals surface area contributed by atoms with Gasteiger partial charge in [0, 0.05) is 23.2 Å². The molecule has 2 aromatic carbocycles.